The van der Waals surface area contributed by atoms with E-state index in [4.69, 9.17) is 25.8 Å². The first kappa shape index (κ1) is 34.5. The fourth-order valence-corrected chi connectivity index (χ4v) is 5.91. The van der Waals surface area contributed by atoms with Gasteiger partial charge in [0.05, 0.1) is 31.9 Å². The molecule has 3 rings (SSSR count). The zero-order chi connectivity index (χ0) is 32.6. The fraction of sp³-hybridized carbons (Fsp3) is 0.355. The van der Waals surface area contributed by atoms with Gasteiger partial charge in [-0.15, -0.1) is 0 Å². The summed E-state index contributed by atoms with van der Waals surface area (Å²) in [5.74, 6) is -0.989. The van der Waals surface area contributed by atoms with Crippen LogP contribution in [0.15, 0.2) is 65.6 Å². The number of anilines is 1. The molecule has 13 heteroatoms. The summed E-state index contributed by atoms with van der Waals surface area (Å²) >= 11 is 6.28. The van der Waals surface area contributed by atoms with Crippen LogP contribution in [0.4, 0.5) is 10.1 Å². The van der Waals surface area contributed by atoms with Gasteiger partial charge >= 0.3 is 0 Å². The number of rotatable bonds is 14. The second kappa shape index (κ2) is 15.1. The van der Waals surface area contributed by atoms with Gasteiger partial charge in [-0.05, 0) is 68.3 Å². The Bertz CT molecular complexity index is 1570. The third kappa shape index (κ3) is 8.11. The predicted molar refractivity (Wildman–Crippen MR) is 166 cm³/mol. The molecule has 2 amide bonds. The van der Waals surface area contributed by atoms with Crippen LogP contribution in [0.5, 0.6) is 17.2 Å². The number of nitrogens with zero attached hydrogens (tertiary/aromatic N) is 2. The molecule has 0 aliphatic rings. The normalized spacial score (nSPS) is 12.5. The van der Waals surface area contributed by atoms with Crippen molar-refractivity contribution in [2.24, 2.45) is 0 Å². The molecule has 0 aliphatic carbocycles. The minimum absolute atomic E-state index is 0.00146. The van der Waals surface area contributed by atoms with Crippen LogP contribution in [0, 0.1) is 5.82 Å². The van der Waals surface area contributed by atoms with Gasteiger partial charge in [0.15, 0.2) is 11.5 Å². The topological polar surface area (TPSA) is 114 Å². The van der Waals surface area contributed by atoms with Crippen LogP contribution < -0.4 is 23.8 Å². The number of carbonyl (C=O) groups is 2. The SMILES string of the molecule is CCC(C)NC(=O)C(C)N(Cc1ccc(F)cc1)C(=O)CN(c1cc(Cl)ccc1OC)S(=O)(=O)c1ccc(OC)c(OC)c1. The van der Waals surface area contributed by atoms with Gasteiger partial charge in [0.2, 0.25) is 11.8 Å². The number of halogens is 2. The van der Waals surface area contributed by atoms with Crippen molar-refractivity contribution >= 4 is 39.1 Å². The summed E-state index contributed by atoms with van der Waals surface area (Å²) in [7, 11) is -0.328. The number of benzene rings is 3. The number of hydrogen-bond donors (Lipinski definition) is 1. The maximum atomic E-state index is 14.3. The van der Waals surface area contributed by atoms with Crippen molar-refractivity contribution in [1.29, 1.82) is 0 Å². The Balaban J connectivity index is 2.14. The monoisotopic (exact) mass is 649 g/mol. The highest BCUT2D eigenvalue weighted by Gasteiger charge is 2.34. The van der Waals surface area contributed by atoms with Gasteiger partial charge in [-0.3, -0.25) is 13.9 Å². The first-order valence-corrected chi connectivity index (χ1v) is 15.6. The lowest BCUT2D eigenvalue weighted by Gasteiger charge is -2.33. The molecule has 0 spiro atoms. The number of ether oxygens (including phenoxy) is 3. The lowest BCUT2D eigenvalue weighted by Crippen LogP contribution is -2.52. The highest BCUT2D eigenvalue weighted by Crippen LogP contribution is 2.37. The van der Waals surface area contributed by atoms with E-state index in [1.54, 1.807) is 6.92 Å². The molecule has 238 valence electrons. The summed E-state index contributed by atoms with van der Waals surface area (Å²) in [6.07, 6.45) is 0.663. The highest BCUT2D eigenvalue weighted by molar-refractivity contribution is 7.92. The zero-order valence-corrected chi connectivity index (χ0v) is 27.0. The average Bonchev–Trinajstić information content (AvgIpc) is 3.02. The maximum absolute atomic E-state index is 14.3. The van der Waals surface area contributed by atoms with E-state index < -0.39 is 40.2 Å². The molecule has 0 fully saturated rings. The Morgan fingerprint density at radius 3 is 2.11 bits per heavy atom. The van der Waals surface area contributed by atoms with E-state index in [0.717, 1.165) is 4.31 Å². The van der Waals surface area contributed by atoms with Crippen LogP contribution >= 0.6 is 11.6 Å². The number of sulfonamides is 1. The van der Waals surface area contributed by atoms with Crippen LogP contribution in [0.2, 0.25) is 5.02 Å². The predicted octanol–water partition coefficient (Wildman–Crippen LogP) is 5.03. The van der Waals surface area contributed by atoms with E-state index in [1.165, 1.54) is 86.9 Å². The Morgan fingerprint density at radius 1 is 0.909 bits per heavy atom. The summed E-state index contributed by atoms with van der Waals surface area (Å²) in [5, 5.41) is 3.06. The molecule has 0 heterocycles. The van der Waals surface area contributed by atoms with Crippen LogP contribution in [-0.4, -0.2) is 65.1 Å². The van der Waals surface area contributed by atoms with Crippen LogP contribution in [0.3, 0.4) is 0 Å². The molecule has 10 nitrogen and oxygen atoms in total. The van der Waals surface area contributed by atoms with E-state index >= 15 is 0 Å². The van der Waals surface area contributed by atoms with Crippen LogP contribution in [0.25, 0.3) is 0 Å². The lowest BCUT2D eigenvalue weighted by molar-refractivity contribution is -0.139. The van der Waals surface area contributed by atoms with E-state index in [1.807, 2.05) is 13.8 Å². The molecule has 0 saturated heterocycles. The second-order valence-corrected chi connectivity index (χ2v) is 12.3. The van der Waals surface area contributed by atoms with E-state index in [-0.39, 0.29) is 39.7 Å². The van der Waals surface area contributed by atoms with Gasteiger partial charge in [-0.1, -0.05) is 30.7 Å². The Kier molecular flexibility index (Phi) is 11.8. The minimum atomic E-state index is -4.48. The van der Waals surface area contributed by atoms with Crippen LogP contribution in [-0.2, 0) is 26.2 Å². The largest absolute Gasteiger partial charge is 0.495 e. The number of methoxy groups -OCH3 is 3. The molecule has 0 aromatic heterocycles. The number of hydrogen-bond acceptors (Lipinski definition) is 7. The van der Waals surface area contributed by atoms with Gasteiger partial charge in [0.25, 0.3) is 10.0 Å². The fourth-order valence-electron chi connectivity index (χ4n) is 4.31. The third-order valence-corrected chi connectivity index (χ3v) is 9.06. The van der Waals surface area contributed by atoms with Crippen molar-refractivity contribution in [2.45, 2.75) is 50.7 Å². The molecule has 0 bridgehead atoms. The molecular formula is C31H37ClFN3O7S. The van der Waals surface area contributed by atoms with Crippen molar-refractivity contribution in [2.75, 3.05) is 32.2 Å². The molecule has 3 aromatic carbocycles. The van der Waals surface area contributed by atoms with Crippen molar-refractivity contribution in [3.05, 3.63) is 77.1 Å². The molecule has 0 saturated carbocycles. The quantitative estimate of drug-likeness (QED) is 0.261. The standard InChI is InChI=1S/C31H37ClFN3O7S/c1-7-20(2)34-31(38)21(3)35(18-22-8-11-24(33)12-9-22)30(37)19-36(26-16-23(32)10-14-27(26)41-4)44(39,40)25-13-15-28(42-5)29(17-25)43-6/h8-17,20-21H,7,18-19H2,1-6H3,(H,34,38). The highest BCUT2D eigenvalue weighted by atomic mass is 35.5. The van der Waals surface area contributed by atoms with E-state index in [9.17, 15) is 22.4 Å². The van der Waals surface area contributed by atoms with Gasteiger partial charge in [0.1, 0.15) is 24.2 Å². The van der Waals surface area contributed by atoms with Gasteiger partial charge in [-0.25, -0.2) is 12.8 Å². The summed E-state index contributed by atoms with van der Waals surface area (Å²) in [5.41, 5.74) is 0.541. The Morgan fingerprint density at radius 2 is 1.52 bits per heavy atom. The summed E-state index contributed by atoms with van der Waals surface area (Å²) in [4.78, 5) is 28.4. The Labute approximate surface area is 262 Å². The van der Waals surface area contributed by atoms with Crippen molar-refractivity contribution in [3.8, 4) is 17.2 Å². The summed E-state index contributed by atoms with van der Waals surface area (Å²) in [6.45, 7) is 4.47. The molecule has 1 N–H and O–H groups in total. The molecule has 0 radical (unpaired) electrons. The summed E-state index contributed by atoms with van der Waals surface area (Å²) in [6, 6.07) is 12.7. The lowest BCUT2D eigenvalue weighted by atomic mass is 10.1. The molecular weight excluding hydrogens is 613 g/mol. The molecule has 3 aromatic rings. The third-order valence-electron chi connectivity index (χ3n) is 7.07. The summed E-state index contributed by atoms with van der Waals surface area (Å²) < 4.78 is 59.1. The maximum Gasteiger partial charge on any atom is 0.265 e. The Hall–Kier alpha value is -4.03. The first-order chi connectivity index (χ1) is 20.9. The minimum Gasteiger partial charge on any atom is -0.495 e. The number of carbonyl (C=O) groups excluding carboxylic acids is 2. The van der Waals surface area contributed by atoms with Crippen molar-refractivity contribution < 1.29 is 36.6 Å². The van der Waals surface area contributed by atoms with E-state index in [2.05, 4.69) is 5.32 Å². The van der Waals surface area contributed by atoms with Crippen LogP contribution in [0.1, 0.15) is 32.8 Å². The number of amides is 2. The molecule has 2 atom stereocenters. The molecule has 2 unspecified atom stereocenters. The molecule has 44 heavy (non-hydrogen) atoms. The van der Waals surface area contributed by atoms with Gasteiger partial charge < -0.3 is 24.4 Å². The number of nitrogens with one attached hydrogen (secondary N) is 1. The first-order valence-electron chi connectivity index (χ1n) is 13.8. The van der Waals surface area contributed by atoms with Crippen molar-refractivity contribution in [3.63, 3.8) is 0 Å². The van der Waals surface area contributed by atoms with E-state index in [0.29, 0.717) is 17.7 Å². The smallest absolute Gasteiger partial charge is 0.265 e. The second-order valence-electron chi connectivity index (χ2n) is 9.99. The zero-order valence-electron chi connectivity index (χ0n) is 25.5. The average molecular weight is 650 g/mol. The van der Waals surface area contributed by atoms with Crippen molar-refractivity contribution in [1.82, 2.24) is 10.2 Å². The molecule has 0 aliphatic heterocycles. The van der Waals surface area contributed by atoms with Gasteiger partial charge in [-0.2, -0.15) is 0 Å². The van der Waals surface area contributed by atoms with Gasteiger partial charge in [0, 0.05) is 23.7 Å².